The van der Waals surface area contributed by atoms with Crippen molar-refractivity contribution in [3.05, 3.63) is 30.1 Å². The highest BCUT2D eigenvalue weighted by molar-refractivity contribution is 7.99. The number of aromatic amines is 1. The van der Waals surface area contributed by atoms with Crippen LogP contribution >= 0.6 is 11.8 Å². The molecule has 0 amide bonds. The number of para-hydroxylation sites is 2. The van der Waals surface area contributed by atoms with Crippen LogP contribution in [0.2, 0.25) is 0 Å². The Balaban J connectivity index is 1.55. The Morgan fingerprint density at radius 2 is 2.10 bits per heavy atom. The maximum absolute atomic E-state index is 4.77. The molecule has 0 aliphatic carbocycles. The van der Waals surface area contributed by atoms with E-state index in [0.29, 0.717) is 5.92 Å². The van der Waals surface area contributed by atoms with E-state index in [1.807, 2.05) is 11.8 Å². The number of imidazole rings is 1. The molecular weight excluding hydrogens is 278 g/mol. The van der Waals surface area contributed by atoms with Crippen molar-refractivity contribution in [2.45, 2.75) is 37.4 Å². The number of nitrogens with one attached hydrogen (secondary N) is 1. The van der Waals surface area contributed by atoms with Crippen LogP contribution in [0.5, 0.6) is 0 Å². The summed E-state index contributed by atoms with van der Waals surface area (Å²) in [6, 6.07) is 8.33. The van der Waals surface area contributed by atoms with Crippen molar-refractivity contribution in [3.63, 3.8) is 0 Å². The van der Waals surface area contributed by atoms with E-state index in [1.54, 1.807) is 0 Å². The molecule has 0 spiro atoms. The molecule has 114 valence electrons. The van der Waals surface area contributed by atoms with Crippen molar-refractivity contribution in [1.82, 2.24) is 14.9 Å². The molecule has 1 aromatic carbocycles. The molecule has 1 N–H and O–H groups in total. The van der Waals surface area contributed by atoms with Crippen LogP contribution in [0.25, 0.3) is 11.0 Å². The van der Waals surface area contributed by atoms with Crippen molar-refractivity contribution >= 4 is 22.8 Å². The topological polar surface area (TPSA) is 31.9 Å². The lowest BCUT2D eigenvalue weighted by molar-refractivity contribution is 0.208. The van der Waals surface area contributed by atoms with E-state index in [0.717, 1.165) is 10.8 Å². The zero-order valence-electron chi connectivity index (χ0n) is 13.0. The average Bonchev–Trinajstić information content (AvgIpc) is 2.97. The highest BCUT2D eigenvalue weighted by Crippen LogP contribution is 2.28. The van der Waals surface area contributed by atoms with Crippen molar-refractivity contribution in [2.24, 2.45) is 0 Å². The molecule has 2 heterocycles. The molecular formula is C17H25N3S. The molecule has 1 aromatic heterocycles. The van der Waals surface area contributed by atoms with Crippen molar-refractivity contribution < 1.29 is 0 Å². The van der Waals surface area contributed by atoms with Gasteiger partial charge in [0, 0.05) is 11.2 Å². The normalized spacial score (nSPS) is 19.1. The molecule has 0 saturated carbocycles. The number of benzene rings is 1. The Bertz CT molecular complexity index is 539. The van der Waals surface area contributed by atoms with Crippen LogP contribution in [0.3, 0.4) is 0 Å². The standard InChI is InChI=1S/C17H25N3S/c1-13(21-2)7-10-20-11-8-14(9-12-20)17-18-15-5-3-4-6-16(15)19-17/h3-6,13-14H,7-12H2,1-2H3,(H,18,19)/t13-/m1/s1. The molecule has 1 aliphatic heterocycles. The predicted octanol–water partition coefficient (Wildman–Crippen LogP) is 3.88. The van der Waals surface area contributed by atoms with Gasteiger partial charge in [0.2, 0.25) is 0 Å². The maximum Gasteiger partial charge on any atom is 0.110 e. The zero-order chi connectivity index (χ0) is 14.7. The van der Waals surface area contributed by atoms with Crippen LogP contribution in [0, 0.1) is 0 Å². The van der Waals surface area contributed by atoms with E-state index >= 15 is 0 Å². The fourth-order valence-corrected chi connectivity index (χ4v) is 3.42. The molecule has 0 radical (unpaired) electrons. The van der Waals surface area contributed by atoms with Crippen LogP contribution in [0.1, 0.15) is 37.9 Å². The predicted molar refractivity (Wildman–Crippen MR) is 92.1 cm³/mol. The fourth-order valence-electron chi connectivity index (χ4n) is 3.08. The molecule has 1 aliphatic rings. The first-order valence-electron chi connectivity index (χ1n) is 7.96. The number of nitrogens with zero attached hydrogens (tertiary/aromatic N) is 2. The zero-order valence-corrected chi connectivity index (χ0v) is 13.8. The SMILES string of the molecule is CS[C@H](C)CCN1CCC(c2nc3ccccc3[nH]2)CC1. The molecule has 0 unspecified atom stereocenters. The van der Waals surface area contributed by atoms with E-state index in [4.69, 9.17) is 4.98 Å². The number of thioether (sulfide) groups is 1. The van der Waals surface area contributed by atoms with Crippen molar-refractivity contribution in [1.29, 1.82) is 0 Å². The highest BCUT2D eigenvalue weighted by Gasteiger charge is 2.23. The first-order valence-corrected chi connectivity index (χ1v) is 9.25. The van der Waals surface area contributed by atoms with Crippen molar-refractivity contribution in [3.8, 4) is 0 Å². The lowest BCUT2D eigenvalue weighted by Gasteiger charge is -2.31. The van der Waals surface area contributed by atoms with Gasteiger partial charge in [0.1, 0.15) is 5.82 Å². The number of aromatic nitrogens is 2. The number of rotatable bonds is 5. The molecule has 1 fully saturated rings. The van der Waals surface area contributed by atoms with Crippen LogP contribution in [-0.4, -0.2) is 46.0 Å². The van der Waals surface area contributed by atoms with Crippen LogP contribution in [0.15, 0.2) is 24.3 Å². The van der Waals surface area contributed by atoms with Crippen molar-refractivity contribution in [2.75, 3.05) is 25.9 Å². The molecule has 3 rings (SSSR count). The quantitative estimate of drug-likeness (QED) is 0.909. The summed E-state index contributed by atoms with van der Waals surface area (Å²) in [6.07, 6.45) is 5.97. The van der Waals surface area contributed by atoms with Crippen LogP contribution in [0.4, 0.5) is 0 Å². The third-order valence-corrected chi connectivity index (χ3v) is 5.68. The van der Waals surface area contributed by atoms with E-state index in [9.17, 15) is 0 Å². The van der Waals surface area contributed by atoms with Gasteiger partial charge in [-0.3, -0.25) is 0 Å². The summed E-state index contributed by atoms with van der Waals surface area (Å²) in [6.45, 7) is 5.99. The minimum atomic E-state index is 0.603. The number of hydrogen-bond donors (Lipinski definition) is 1. The second-order valence-corrected chi connectivity index (χ2v) is 7.37. The number of fused-ring (bicyclic) bond motifs is 1. The third-order valence-electron chi connectivity index (χ3n) is 4.64. The van der Waals surface area contributed by atoms with Gasteiger partial charge in [0.05, 0.1) is 11.0 Å². The van der Waals surface area contributed by atoms with Gasteiger partial charge in [-0.1, -0.05) is 19.1 Å². The summed E-state index contributed by atoms with van der Waals surface area (Å²) in [5, 5.41) is 0.776. The number of likely N-dealkylation sites (tertiary alicyclic amines) is 1. The maximum atomic E-state index is 4.77. The smallest absolute Gasteiger partial charge is 0.110 e. The molecule has 4 heteroatoms. The molecule has 1 atom stereocenters. The Kier molecular flexibility index (Phi) is 4.86. The summed E-state index contributed by atoms with van der Waals surface area (Å²) in [5.41, 5.74) is 2.27. The molecule has 3 nitrogen and oxygen atoms in total. The van der Waals surface area contributed by atoms with E-state index in [2.05, 4.69) is 47.3 Å². The van der Waals surface area contributed by atoms with E-state index in [1.165, 1.54) is 50.2 Å². The first-order chi connectivity index (χ1) is 10.3. The van der Waals surface area contributed by atoms with Gasteiger partial charge >= 0.3 is 0 Å². The van der Waals surface area contributed by atoms with Gasteiger partial charge in [-0.2, -0.15) is 11.8 Å². The Labute approximate surface area is 131 Å². The second-order valence-electron chi connectivity index (χ2n) is 6.09. The Hall–Kier alpha value is -1.00. The van der Waals surface area contributed by atoms with Gasteiger partial charge < -0.3 is 9.88 Å². The monoisotopic (exact) mass is 303 g/mol. The van der Waals surface area contributed by atoms with Gasteiger partial charge in [-0.25, -0.2) is 4.98 Å². The lowest BCUT2D eigenvalue weighted by Crippen LogP contribution is -2.34. The second kappa shape index (κ2) is 6.84. The van der Waals surface area contributed by atoms with Gasteiger partial charge in [0.15, 0.2) is 0 Å². The molecule has 1 saturated heterocycles. The van der Waals surface area contributed by atoms with E-state index in [-0.39, 0.29) is 0 Å². The average molecular weight is 303 g/mol. The fraction of sp³-hybridized carbons (Fsp3) is 0.588. The Morgan fingerprint density at radius 1 is 1.33 bits per heavy atom. The van der Waals surface area contributed by atoms with Crippen LogP contribution in [-0.2, 0) is 0 Å². The van der Waals surface area contributed by atoms with Gasteiger partial charge in [0.25, 0.3) is 0 Å². The highest BCUT2D eigenvalue weighted by atomic mass is 32.2. The summed E-state index contributed by atoms with van der Waals surface area (Å²) in [7, 11) is 0. The molecule has 2 aromatic rings. The van der Waals surface area contributed by atoms with Gasteiger partial charge in [-0.15, -0.1) is 0 Å². The Morgan fingerprint density at radius 3 is 2.81 bits per heavy atom. The largest absolute Gasteiger partial charge is 0.342 e. The van der Waals surface area contributed by atoms with Crippen LogP contribution < -0.4 is 0 Å². The molecule has 21 heavy (non-hydrogen) atoms. The summed E-state index contributed by atoms with van der Waals surface area (Å²) in [5.74, 6) is 1.79. The summed E-state index contributed by atoms with van der Waals surface area (Å²) in [4.78, 5) is 10.9. The number of hydrogen-bond acceptors (Lipinski definition) is 3. The third kappa shape index (κ3) is 3.61. The van der Waals surface area contributed by atoms with E-state index < -0.39 is 0 Å². The summed E-state index contributed by atoms with van der Waals surface area (Å²) < 4.78 is 0. The first kappa shape index (κ1) is 14.9. The number of piperidine rings is 1. The van der Waals surface area contributed by atoms with Gasteiger partial charge in [-0.05, 0) is 57.3 Å². The minimum Gasteiger partial charge on any atom is -0.342 e. The summed E-state index contributed by atoms with van der Waals surface area (Å²) >= 11 is 1.97. The molecule has 0 bridgehead atoms. The lowest BCUT2D eigenvalue weighted by atomic mass is 9.96. The minimum absolute atomic E-state index is 0.603. The number of H-pyrrole nitrogens is 1.